The largest absolute Gasteiger partial charge is 0.333 e. The van der Waals surface area contributed by atoms with Crippen LogP contribution < -0.4 is 5.32 Å². The zero-order chi connectivity index (χ0) is 17.9. The topological polar surface area (TPSA) is 69.7 Å². The van der Waals surface area contributed by atoms with Gasteiger partial charge in [-0.3, -0.25) is 4.79 Å². The summed E-state index contributed by atoms with van der Waals surface area (Å²) in [5, 5.41) is 3.25. The van der Waals surface area contributed by atoms with Crippen LogP contribution in [0.1, 0.15) is 36.7 Å². The van der Waals surface area contributed by atoms with Gasteiger partial charge < -0.3 is 10.2 Å². The van der Waals surface area contributed by atoms with Gasteiger partial charge in [-0.1, -0.05) is 19.9 Å². The third-order valence-corrected chi connectivity index (χ3v) is 6.71. The predicted octanol–water partition coefficient (Wildman–Crippen LogP) is 1.88. The Labute approximate surface area is 157 Å². The molecule has 1 heterocycles. The Morgan fingerprint density at radius 2 is 1.96 bits per heavy atom. The number of hydrogen-bond acceptors (Lipinski definition) is 4. The quantitative estimate of drug-likeness (QED) is 0.834. The van der Waals surface area contributed by atoms with Gasteiger partial charge in [0.1, 0.15) is 0 Å². The monoisotopic (exact) mass is 389 g/mol. The van der Waals surface area contributed by atoms with Crippen molar-refractivity contribution in [3.8, 4) is 0 Å². The van der Waals surface area contributed by atoms with E-state index in [9.17, 15) is 13.2 Å². The number of hydrogen-bond donors (Lipinski definition) is 1. The third kappa shape index (κ3) is 4.53. The van der Waals surface area contributed by atoms with E-state index in [0.29, 0.717) is 30.8 Å². The number of sulfonamides is 1. The molecule has 1 aromatic carbocycles. The minimum Gasteiger partial charge on any atom is -0.333 e. The Morgan fingerprint density at radius 3 is 2.52 bits per heavy atom. The first-order chi connectivity index (χ1) is 11.3. The third-order valence-electron chi connectivity index (χ3n) is 4.52. The molecule has 0 spiro atoms. The molecule has 1 amide bonds. The van der Waals surface area contributed by atoms with Crippen LogP contribution in [0.15, 0.2) is 23.1 Å². The number of benzene rings is 1. The number of amides is 1. The molecule has 1 unspecified atom stereocenters. The zero-order valence-corrected chi connectivity index (χ0v) is 16.9. The second kappa shape index (κ2) is 8.98. The molecule has 1 aliphatic heterocycles. The van der Waals surface area contributed by atoms with E-state index in [1.807, 2.05) is 20.8 Å². The molecule has 0 aliphatic carbocycles. The molecule has 8 heteroatoms. The van der Waals surface area contributed by atoms with Crippen molar-refractivity contribution in [3.05, 3.63) is 29.3 Å². The number of carbonyl (C=O) groups excluding carboxylic acids is 1. The molecule has 0 aromatic heterocycles. The molecule has 1 saturated heterocycles. The van der Waals surface area contributed by atoms with Gasteiger partial charge in [0.25, 0.3) is 5.91 Å². The highest BCUT2D eigenvalue weighted by molar-refractivity contribution is 7.89. The van der Waals surface area contributed by atoms with E-state index in [2.05, 4.69) is 5.32 Å². The van der Waals surface area contributed by atoms with Crippen molar-refractivity contribution < 1.29 is 13.2 Å². The fraction of sp³-hybridized carbons (Fsp3) is 0.588. The second-order valence-electron chi connectivity index (χ2n) is 6.12. The highest BCUT2D eigenvalue weighted by atomic mass is 35.5. The summed E-state index contributed by atoms with van der Waals surface area (Å²) in [4.78, 5) is 14.8. The number of aryl methyl sites for hydroxylation is 1. The van der Waals surface area contributed by atoms with Crippen LogP contribution in [0, 0.1) is 6.92 Å². The van der Waals surface area contributed by atoms with Gasteiger partial charge in [-0.15, -0.1) is 12.4 Å². The number of halogens is 1. The summed E-state index contributed by atoms with van der Waals surface area (Å²) < 4.78 is 27.1. The Morgan fingerprint density at radius 1 is 1.32 bits per heavy atom. The summed E-state index contributed by atoms with van der Waals surface area (Å²) >= 11 is 0. The predicted molar refractivity (Wildman–Crippen MR) is 102 cm³/mol. The van der Waals surface area contributed by atoms with Crippen LogP contribution in [0.2, 0.25) is 0 Å². The molecule has 1 aliphatic rings. The molecule has 142 valence electrons. The lowest BCUT2D eigenvalue weighted by atomic mass is 10.1. The number of nitrogens with one attached hydrogen (secondary N) is 1. The van der Waals surface area contributed by atoms with Crippen LogP contribution in [-0.2, 0) is 10.0 Å². The summed E-state index contributed by atoms with van der Waals surface area (Å²) in [7, 11) is -3.58. The maximum absolute atomic E-state index is 12.8. The van der Waals surface area contributed by atoms with E-state index >= 15 is 0 Å². The fourth-order valence-corrected chi connectivity index (χ4v) is 4.73. The van der Waals surface area contributed by atoms with Crippen LogP contribution in [0.3, 0.4) is 0 Å². The van der Waals surface area contributed by atoms with E-state index in [0.717, 1.165) is 13.1 Å². The van der Waals surface area contributed by atoms with Gasteiger partial charge >= 0.3 is 0 Å². The van der Waals surface area contributed by atoms with E-state index < -0.39 is 10.0 Å². The van der Waals surface area contributed by atoms with Gasteiger partial charge in [0.15, 0.2) is 0 Å². The first kappa shape index (κ1) is 21.9. The molecule has 1 fully saturated rings. The first-order valence-electron chi connectivity index (χ1n) is 8.45. The smallest absolute Gasteiger partial charge is 0.254 e. The number of carbonyl (C=O) groups is 1. The van der Waals surface area contributed by atoms with Gasteiger partial charge in [-0.2, -0.15) is 4.31 Å². The van der Waals surface area contributed by atoms with Crippen LogP contribution in [0.25, 0.3) is 0 Å². The zero-order valence-electron chi connectivity index (χ0n) is 15.3. The summed E-state index contributed by atoms with van der Waals surface area (Å²) in [5.41, 5.74) is 1.09. The van der Waals surface area contributed by atoms with E-state index in [-0.39, 0.29) is 29.3 Å². The van der Waals surface area contributed by atoms with Crippen molar-refractivity contribution in [3.63, 3.8) is 0 Å². The molecule has 1 aromatic rings. The lowest BCUT2D eigenvalue weighted by molar-refractivity contribution is 0.0655. The lowest BCUT2D eigenvalue weighted by Gasteiger charge is -2.34. The molecule has 2 rings (SSSR count). The number of rotatable bonds is 5. The summed E-state index contributed by atoms with van der Waals surface area (Å²) in [6.07, 6.45) is 0. The van der Waals surface area contributed by atoms with Gasteiger partial charge in [0.05, 0.1) is 4.90 Å². The van der Waals surface area contributed by atoms with Crippen molar-refractivity contribution >= 4 is 28.3 Å². The maximum Gasteiger partial charge on any atom is 0.254 e. The molecular formula is C17H28ClN3O3S. The molecule has 25 heavy (non-hydrogen) atoms. The molecule has 0 saturated carbocycles. The standard InChI is InChI=1S/C17H27N3O3S.ClH/c1-5-19(6-2)24(22,23)16-11-15(8-7-13(16)3)17(21)20-10-9-18-12-14(20)4;/h7-8,11,14,18H,5-6,9-10,12H2,1-4H3;1H. The van der Waals surface area contributed by atoms with Crippen LogP contribution >= 0.6 is 12.4 Å². The minimum absolute atomic E-state index is 0. The van der Waals surface area contributed by atoms with Crippen LogP contribution in [0.4, 0.5) is 0 Å². The Hall–Kier alpha value is -1.15. The molecule has 1 atom stereocenters. The average Bonchev–Trinajstić information content (AvgIpc) is 2.56. The number of piperazine rings is 1. The van der Waals surface area contributed by atoms with Crippen molar-refractivity contribution in [1.29, 1.82) is 0 Å². The van der Waals surface area contributed by atoms with Gasteiger partial charge in [-0.05, 0) is 31.5 Å². The molecule has 6 nitrogen and oxygen atoms in total. The lowest BCUT2D eigenvalue weighted by Crippen LogP contribution is -2.52. The van der Waals surface area contributed by atoms with Gasteiger partial charge in [-0.25, -0.2) is 8.42 Å². The maximum atomic E-state index is 12.8. The Bertz CT molecular complexity index is 705. The molecule has 0 bridgehead atoms. The summed E-state index contributed by atoms with van der Waals surface area (Å²) in [5.74, 6) is -0.111. The van der Waals surface area contributed by atoms with Crippen LogP contribution in [-0.4, -0.2) is 62.3 Å². The van der Waals surface area contributed by atoms with E-state index in [1.165, 1.54) is 10.4 Å². The Kier molecular flexibility index (Phi) is 7.87. The van der Waals surface area contributed by atoms with Crippen LogP contribution in [0.5, 0.6) is 0 Å². The van der Waals surface area contributed by atoms with Crippen molar-refractivity contribution in [2.45, 2.75) is 38.6 Å². The van der Waals surface area contributed by atoms with Gasteiger partial charge in [0.2, 0.25) is 10.0 Å². The van der Waals surface area contributed by atoms with Gasteiger partial charge in [0, 0.05) is 44.3 Å². The number of nitrogens with zero attached hydrogens (tertiary/aromatic N) is 2. The van der Waals surface area contributed by atoms with Crippen molar-refractivity contribution in [2.24, 2.45) is 0 Å². The highest BCUT2D eigenvalue weighted by Gasteiger charge is 2.28. The minimum atomic E-state index is -3.58. The van der Waals surface area contributed by atoms with E-state index in [4.69, 9.17) is 0 Å². The fourth-order valence-electron chi connectivity index (χ4n) is 3.02. The molecule has 1 N–H and O–H groups in total. The van der Waals surface area contributed by atoms with E-state index in [1.54, 1.807) is 24.0 Å². The second-order valence-corrected chi connectivity index (χ2v) is 8.03. The average molecular weight is 390 g/mol. The molecular weight excluding hydrogens is 362 g/mol. The SMILES string of the molecule is CCN(CC)S(=O)(=O)c1cc(C(=O)N2CCNCC2C)ccc1C.Cl. The van der Waals surface area contributed by atoms with Crippen molar-refractivity contribution in [1.82, 2.24) is 14.5 Å². The normalized spacial score (nSPS) is 18.1. The Balaban J connectivity index is 0.00000312. The summed E-state index contributed by atoms with van der Waals surface area (Å²) in [6.45, 7) is 10.3. The first-order valence-corrected chi connectivity index (χ1v) is 9.89. The molecule has 0 radical (unpaired) electrons. The highest BCUT2D eigenvalue weighted by Crippen LogP contribution is 2.22. The summed E-state index contributed by atoms with van der Waals surface area (Å²) in [6, 6.07) is 5.06. The van der Waals surface area contributed by atoms with Crippen molar-refractivity contribution in [2.75, 3.05) is 32.7 Å².